The predicted molar refractivity (Wildman–Crippen MR) is 360 cm³/mol. The van der Waals surface area contributed by atoms with Gasteiger partial charge in [0.25, 0.3) is 5.91 Å². The summed E-state index contributed by atoms with van der Waals surface area (Å²) >= 11 is 1.02. The number of hydrazine groups is 1. The lowest BCUT2D eigenvalue weighted by atomic mass is 9.82. The number of aromatic hydroxyl groups is 1. The van der Waals surface area contributed by atoms with E-state index in [1.165, 1.54) is 36.3 Å². The van der Waals surface area contributed by atoms with Gasteiger partial charge in [0.05, 0.1) is 43.2 Å². The molecule has 2 aromatic rings. The van der Waals surface area contributed by atoms with Gasteiger partial charge in [0.2, 0.25) is 23.6 Å². The number of phenolic OH excluding ortho intramolecular Hbond substituents is 1. The number of piperidine rings is 1. The van der Waals surface area contributed by atoms with E-state index in [1.807, 2.05) is 46.6 Å². The number of benzene rings is 1. The van der Waals surface area contributed by atoms with Gasteiger partial charge < -0.3 is 65.4 Å². The summed E-state index contributed by atoms with van der Waals surface area (Å²) in [5.41, 5.74) is 4.97. The molecule has 11 atom stereocenters. The van der Waals surface area contributed by atoms with E-state index >= 15 is 4.79 Å². The fourth-order valence-corrected chi connectivity index (χ4v) is 13.7. The van der Waals surface area contributed by atoms with Crippen LogP contribution in [-0.2, 0) is 83.0 Å². The fourth-order valence-electron chi connectivity index (χ4n) is 10.9. The predicted octanol–water partition coefficient (Wildman–Crippen LogP) is 5.26. The molecule has 99 heavy (non-hydrogen) atoms. The van der Waals surface area contributed by atoms with E-state index in [2.05, 4.69) is 31.8 Å². The van der Waals surface area contributed by atoms with Crippen LogP contribution < -0.4 is 26.8 Å². The zero-order valence-electron chi connectivity index (χ0n) is 57.1. The highest BCUT2D eigenvalue weighted by atomic mass is 33.1. The Hall–Kier alpha value is -8.24. The lowest BCUT2D eigenvalue weighted by Gasteiger charge is -2.39. The fraction of sp³-hybridized carbons (Fsp3) is 0.631. The molecule has 0 bridgehead atoms. The molecule has 34 heteroatoms. The van der Waals surface area contributed by atoms with Crippen LogP contribution >= 0.6 is 32.9 Å². The molecule has 2 heterocycles. The van der Waals surface area contributed by atoms with Gasteiger partial charge in [0.1, 0.15) is 34.9 Å². The topological polar surface area (TPSA) is 464 Å². The molecular formula is C65H94N8O23S3. The van der Waals surface area contributed by atoms with Gasteiger partial charge in [-0.15, -0.1) is 11.3 Å². The van der Waals surface area contributed by atoms with E-state index in [9.17, 15) is 92.7 Å². The number of likely N-dealkylation sites (tertiary alicyclic amines) is 1. The quantitative estimate of drug-likeness (QED) is 0.0101. The second kappa shape index (κ2) is 43.3. The van der Waals surface area contributed by atoms with E-state index < -0.39 is 176 Å². The zero-order chi connectivity index (χ0) is 74.2. The number of thiazole rings is 1. The maximum Gasteiger partial charge on any atom is 0.426 e. The lowest BCUT2D eigenvalue weighted by Crippen LogP contribution is -2.50. The summed E-state index contributed by atoms with van der Waals surface area (Å²) in [7, 11) is 3.77. The van der Waals surface area contributed by atoms with E-state index in [0.717, 1.165) is 59.2 Å². The monoisotopic (exact) mass is 1450 g/mol. The number of carbonyl (C=O) groups excluding carboxylic acids is 11. The second-order valence-corrected chi connectivity index (χ2v) is 28.4. The first-order chi connectivity index (χ1) is 46.6. The number of amides is 6. The number of nitrogens with one attached hydrogen (secondary N) is 5. The Morgan fingerprint density at radius 3 is 1.93 bits per heavy atom. The van der Waals surface area contributed by atoms with E-state index in [0.29, 0.717) is 24.8 Å². The zero-order valence-corrected chi connectivity index (χ0v) is 59.6. The Kier molecular flexibility index (Phi) is 37.2. The van der Waals surface area contributed by atoms with Crippen molar-refractivity contribution in [3.05, 3.63) is 45.9 Å². The van der Waals surface area contributed by atoms with E-state index in [4.69, 9.17) is 14.2 Å². The third-order valence-electron chi connectivity index (χ3n) is 16.4. The lowest BCUT2D eigenvalue weighted by molar-refractivity contribution is -0.162. The van der Waals surface area contributed by atoms with Crippen LogP contribution in [0.4, 0.5) is 4.79 Å². The number of aliphatic carboxylic acids is 4. The molecular weight excluding hydrogens is 1360 g/mol. The van der Waals surface area contributed by atoms with Gasteiger partial charge >= 0.3 is 41.9 Å². The Morgan fingerprint density at radius 2 is 1.36 bits per heavy atom. The molecule has 0 aliphatic carbocycles. The molecule has 0 saturated carbocycles. The molecule has 0 radical (unpaired) electrons. The standard InChI is InChI=1S/C65H94N8O23S3/c1-10-14-57(85)95-34-73(63(90)45(36(5)11-2)29-52(78)49-15-12-13-20-72(49)9)50(35(3)4)31-53(96-39(8)75)62-69-47(32-97-62)61(89)66-43(25-40-16-18-44(76)19-17-40)23-37(6)58(86)70-71-65(93)94-21-22-98-99-33-48(64(91)92)68-60(88)42(28-55(81)82)26-51(77)46(30-56(83)84)67-59(87)41(24-38(7)74)27-54(79)80/h16-19,32,35-37,41-43,45-46,48-50,53,76H,10-15,20-31,33-34H2,1-9H3,(H,66,89)(H,67,87)(H,68,88)(H,70,86)(H,71,93)(H,79,80)(H,81,82)(H,83,84)(H,91,92)/t36?,37-,41-,42-,43+,45-,46-,48+,49+,50+,53+/m0/s1. The molecule has 1 aromatic carbocycles. The molecule has 31 nitrogen and oxygen atoms in total. The Morgan fingerprint density at radius 1 is 0.737 bits per heavy atom. The van der Waals surface area contributed by atoms with Crippen LogP contribution in [-0.4, -0.2) is 198 Å². The number of hydrogen-bond donors (Lipinski definition) is 10. The summed E-state index contributed by atoms with van der Waals surface area (Å²) in [5.74, 6) is -19.3. The molecule has 10 N–H and O–H groups in total. The number of carboxylic acids is 4. The molecule has 1 saturated heterocycles. The van der Waals surface area contributed by atoms with Crippen molar-refractivity contribution in [3.8, 4) is 5.75 Å². The van der Waals surface area contributed by atoms with Crippen LogP contribution in [0.3, 0.4) is 0 Å². The highest BCUT2D eigenvalue weighted by Gasteiger charge is 2.41. The summed E-state index contributed by atoms with van der Waals surface area (Å²) in [6.45, 7) is 13.2. The van der Waals surface area contributed by atoms with Crippen molar-refractivity contribution in [1.82, 2.24) is 41.6 Å². The molecule has 1 fully saturated rings. The minimum atomic E-state index is -1.90. The first-order valence-corrected chi connectivity index (χ1v) is 35.9. The van der Waals surface area contributed by atoms with E-state index in [1.54, 1.807) is 12.1 Å². The van der Waals surface area contributed by atoms with Crippen LogP contribution in [0.25, 0.3) is 0 Å². The maximum absolute atomic E-state index is 15.0. The third-order valence-corrected chi connectivity index (χ3v) is 19.7. The number of ketones is 3. The van der Waals surface area contributed by atoms with Crippen LogP contribution in [0.2, 0.25) is 0 Å². The summed E-state index contributed by atoms with van der Waals surface area (Å²) < 4.78 is 16.7. The smallest absolute Gasteiger partial charge is 0.426 e. The van der Waals surface area contributed by atoms with Gasteiger partial charge in [-0.2, -0.15) is 0 Å². The van der Waals surface area contributed by atoms with Crippen LogP contribution in [0.1, 0.15) is 172 Å². The minimum Gasteiger partial charge on any atom is -0.508 e. The number of nitrogens with zero attached hydrogens (tertiary/aromatic N) is 3. The molecule has 6 amide bonds. The summed E-state index contributed by atoms with van der Waals surface area (Å²) in [6, 6.07) is 0.677. The first kappa shape index (κ1) is 85.0. The number of hydrogen-bond acceptors (Lipinski definition) is 24. The van der Waals surface area contributed by atoms with Crippen molar-refractivity contribution in [2.45, 2.75) is 188 Å². The molecule has 3 rings (SSSR count). The normalized spacial score (nSPS) is 16.0. The van der Waals surface area contributed by atoms with Crippen molar-refractivity contribution in [2.24, 2.45) is 35.5 Å². The first-order valence-electron chi connectivity index (χ1n) is 32.5. The average molecular weight is 1450 g/mol. The highest BCUT2D eigenvalue weighted by molar-refractivity contribution is 8.76. The van der Waals surface area contributed by atoms with Gasteiger partial charge in [-0.05, 0) is 82.2 Å². The average Bonchev–Trinajstić information content (AvgIpc) is 1.76. The van der Waals surface area contributed by atoms with Crippen molar-refractivity contribution >= 4 is 122 Å². The van der Waals surface area contributed by atoms with Crippen molar-refractivity contribution in [3.63, 3.8) is 0 Å². The van der Waals surface area contributed by atoms with Gasteiger partial charge in [-0.25, -0.2) is 20.0 Å². The third kappa shape index (κ3) is 30.8. The van der Waals surface area contributed by atoms with Crippen LogP contribution in [0, 0.1) is 35.5 Å². The number of carbonyl (C=O) groups is 15. The number of carboxylic acid groups (broad SMARTS) is 4. The Balaban J connectivity index is 1.69. The number of rotatable bonds is 45. The number of esters is 2. The van der Waals surface area contributed by atoms with Gasteiger partial charge in [-0.3, -0.25) is 67.9 Å². The number of aromatic nitrogens is 1. The number of ether oxygens (including phenoxy) is 3. The summed E-state index contributed by atoms with van der Waals surface area (Å²) in [6.07, 6.45) is -2.99. The minimum absolute atomic E-state index is 0.0231. The Bertz CT molecular complexity index is 3120. The largest absolute Gasteiger partial charge is 0.508 e. The summed E-state index contributed by atoms with van der Waals surface area (Å²) in [4.78, 5) is 201. The molecule has 1 aliphatic rings. The molecule has 0 spiro atoms. The van der Waals surface area contributed by atoms with E-state index in [-0.39, 0.29) is 90.3 Å². The molecule has 550 valence electrons. The van der Waals surface area contributed by atoms with Crippen molar-refractivity contribution in [1.29, 1.82) is 0 Å². The number of phenols is 1. The van der Waals surface area contributed by atoms with Gasteiger partial charge in [0.15, 0.2) is 24.4 Å². The van der Waals surface area contributed by atoms with Crippen LogP contribution in [0.5, 0.6) is 5.75 Å². The molecule has 1 aromatic heterocycles. The van der Waals surface area contributed by atoms with Gasteiger partial charge in [-0.1, -0.05) is 88.1 Å². The summed E-state index contributed by atoms with van der Waals surface area (Å²) in [5, 5.41) is 56.8. The molecule has 1 aliphatic heterocycles. The highest BCUT2D eigenvalue weighted by Crippen LogP contribution is 2.34. The van der Waals surface area contributed by atoms with Crippen molar-refractivity contribution < 1.29 is 112 Å². The van der Waals surface area contributed by atoms with Crippen molar-refractivity contribution in [2.75, 3.05) is 38.4 Å². The van der Waals surface area contributed by atoms with Crippen LogP contribution in [0.15, 0.2) is 29.6 Å². The Labute approximate surface area is 585 Å². The number of Topliss-reactive ketones (excluding diaryl/α,β-unsaturated/α-hetero) is 3. The number of likely N-dealkylation sites (N-methyl/N-ethyl adjacent to an activating group) is 1. The maximum atomic E-state index is 15.0. The van der Waals surface area contributed by atoms with Gasteiger partial charge in [0, 0.05) is 79.8 Å². The molecule has 1 unspecified atom stereocenters. The second-order valence-electron chi connectivity index (χ2n) is 24.8. The SMILES string of the molecule is CCCC(=O)OCN(C(=O)[C@@H](CC(=O)[C@H]1CCCCN1C)C(C)CC)[C@H](C[C@@H](OC(C)=O)c1nc(C(=O)N[C@@H](Cc2ccc(O)cc2)C[C@H](C)C(=O)NNC(=O)OCCSSC[C@@H](NC(=O)[C@H](CC(=O)O)CC(=O)[C@H](CC(=O)O)NC(=O)[C@@H](CC(C)=O)CC(=O)O)C(=O)O)cs1)C(C)C.